The lowest BCUT2D eigenvalue weighted by atomic mass is 10.1. The molecule has 0 aliphatic rings. The standard InChI is InChI=1S/C22H20Cl2N2O5/c1-4-30-19-9-14(8-18(24)21(19)31-12-20(27)29-3)7-15(11-25)22(28)26-16-6-5-13(2)17(23)10-16/h5-10H,4,12H2,1-3H3,(H,26,28)/b15-7-. The zero-order valence-electron chi connectivity index (χ0n) is 17.1. The Balaban J connectivity index is 2.31. The van der Waals surface area contributed by atoms with Gasteiger partial charge in [0.2, 0.25) is 0 Å². The number of rotatable bonds is 8. The molecule has 9 heteroatoms. The SMILES string of the molecule is CCOc1cc(/C=C(/C#N)C(=O)Nc2ccc(C)c(Cl)c2)cc(Cl)c1OCC(=O)OC. The lowest BCUT2D eigenvalue weighted by Crippen LogP contribution is -2.14. The smallest absolute Gasteiger partial charge is 0.343 e. The minimum Gasteiger partial charge on any atom is -0.490 e. The number of carbonyl (C=O) groups is 2. The molecule has 0 heterocycles. The molecule has 31 heavy (non-hydrogen) atoms. The fraction of sp³-hybridized carbons (Fsp3) is 0.227. The van der Waals surface area contributed by atoms with Gasteiger partial charge in [-0.1, -0.05) is 29.3 Å². The maximum Gasteiger partial charge on any atom is 0.343 e. The highest BCUT2D eigenvalue weighted by molar-refractivity contribution is 6.32. The number of nitrogens with one attached hydrogen (secondary N) is 1. The van der Waals surface area contributed by atoms with Gasteiger partial charge in [0.25, 0.3) is 5.91 Å². The maximum absolute atomic E-state index is 12.5. The van der Waals surface area contributed by atoms with Gasteiger partial charge in [-0.3, -0.25) is 4.79 Å². The van der Waals surface area contributed by atoms with Gasteiger partial charge >= 0.3 is 5.97 Å². The summed E-state index contributed by atoms with van der Waals surface area (Å²) in [5, 5.41) is 12.7. The number of hydrogen-bond donors (Lipinski definition) is 1. The summed E-state index contributed by atoms with van der Waals surface area (Å²) in [7, 11) is 1.24. The summed E-state index contributed by atoms with van der Waals surface area (Å²) in [5.41, 5.74) is 1.61. The largest absolute Gasteiger partial charge is 0.490 e. The molecular weight excluding hydrogens is 443 g/mol. The lowest BCUT2D eigenvalue weighted by molar-refractivity contribution is -0.142. The summed E-state index contributed by atoms with van der Waals surface area (Å²) in [6.07, 6.45) is 1.36. The molecule has 2 rings (SSSR count). The Labute approximate surface area is 190 Å². The van der Waals surface area contributed by atoms with E-state index in [4.69, 9.17) is 32.7 Å². The number of ether oxygens (including phenoxy) is 3. The summed E-state index contributed by atoms with van der Waals surface area (Å²) in [6.45, 7) is 3.56. The Morgan fingerprint density at radius 2 is 1.90 bits per heavy atom. The normalized spacial score (nSPS) is 10.8. The molecule has 0 radical (unpaired) electrons. The fourth-order valence-electron chi connectivity index (χ4n) is 2.45. The van der Waals surface area contributed by atoms with E-state index < -0.39 is 11.9 Å². The number of benzene rings is 2. The zero-order valence-corrected chi connectivity index (χ0v) is 18.6. The maximum atomic E-state index is 12.5. The first-order chi connectivity index (χ1) is 14.8. The zero-order chi connectivity index (χ0) is 23.0. The molecule has 0 bridgehead atoms. The van der Waals surface area contributed by atoms with Crippen molar-refractivity contribution in [2.24, 2.45) is 0 Å². The van der Waals surface area contributed by atoms with E-state index >= 15 is 0 Å². The number of aryl methyl sites for hydroxylation is 1. The van der Waals surface area contributed by atoms with Gasteiger partial charge in [-0.05, 0) is 55.3 Å². The summed E-state index contributed by atoms with van der Waals surface area (Å²) >= 11 is 12.4. The Bertz CT molecular complexity index is 1060. The first-order valence-corrected chi connectivity index (χ1v) is 9.89. The monoisotopic (exact) mass is 462 g/mol. The van der Waals surface area contributed by atoms with E-state index in [0.717, 1.165) is 5.56 Å². The number of nitriles is 1. The molecule has 162 valence electrons. The molecule has 0 atom stereocenters. The van der Waals surface area contributed by atoms with Crippen LogP contribution >= 0.6 is 23.2 Å². The molecule has 2 aromatic carbocycles. The molecule has 0 spiro atoms. The number of carbonyl (C=O) groups excluding carboxylic acids is 2. The van der Waals surface area contributed by atoms with Crippen LogP contribution in [-0.2, 0) is 14.3 Å². The van der Waals surface area contributed by atoms with Crippen molar-refractivity contribution in [3.63, 3.8) is 0 Å². The first kappa shape index (κ1) is 24.1. The predicted octanol–water partition coefficient (Wildman–Crippen LogP) is 4.80. The van der Waals surface area contributed by atoms with Crippen LogP contribution in [0.25, 0.3) is 6.08 Å². The molecule has 0 unspecified atom stereocenters. The Kier molecular flexibility index (Phi) is 8.74. The molecule has 2 aromatic rings. The molecule has 0 saturated carbocycles. The number of hydrogen-bond acceptors (Lipinski definition) is 6. The van der Waals surface area contributed by atoms with Crippen LogP contribution < -0.4 is 14.8 Å². The number of esters is 1. The first-order valence-electron chi connectivity index (χ1n) is 9.14. The third kappa shape index (κ3) is 6.64. The van der Waals surface area contributed by atoms with E-state index in [0.29, 0.717) is 22.9 Å². The predicted molar refractivity (Wildman–Crippen MR) is 119 cm³/mol. The highest BCUT2D eigenvalue weighted by Crippen LogP contribution is 2.37. The molecule has 0 aliphatic carbocycles. The number of anilines is 1. The molecule has 0 fully saturated rings. The Morgan fingerprint density at radius 1 is 1.16 bits per heavy atom. The van der Waals surface area contributed by atoms with Crippen LogP contribution in [0.2, 0.25) is 10.0 Å². The lowest BCUT2D eigenvalue weighted by Gasteiger charge is -2.14. The Morgan fingerprint density at radius 3 is 2.52 bits per heavy atom. The molecule has 0 aromatic heterocycles. The van der Waals surface area contributed by atoms with E-state index in [1.54, 1.807) is 31.2 Å². The summed E-state index contributed by atoms with van der Waals surface area (Å²) in [4.78, 5) is 23.9. The van der Waals surface area contributed by atoms with Gasteiger partial charge in [0.1, 0.15) is 11.6 Å². The molecule has 0 saturated heterocycles. The molecule has 1 amide bonds. The van der Waals surface area contributed by atoms with Crippen molar-refractivity contribution < 1.29 is 23.8 Å². The molecule has 7 nitrogen and oxygen atoms in total. The third-order valence-corrected chi connectivity index (χ3v) is 4.69. The third-order valence-electron chi connectivity index (χ3n) is 4.00. The van der Waals surface area contributed by atoms with Crippen molar-refractivity contribution in [1.29, 1.82) is 5.26 Å². The van der Waals surface area contributed by atoms with Crippen molar-refractivity contribution in [2.75, 3.05) is 25.6 Å². The van der Waals surface area contributed by atoms with E-state index in [1.165, 1.54) is 19.3 Å². The number of nitrogens with zero attached hydrogens (tertiary/aromatic N) is 1. The van der Waals surface area contributed by atoms with Gasteiger partial charge in [-0.25, -0.2) is 4.79 Å². The van der Waals surface area contributed by atoms with Gasteiger partial charge in [-0.15, -0.1) is 0 Å². The summed E-state index contributed by atoms with van der Waals surface area (Å²) in [6, 6.07) is 9.95. The second-order valence-corrected chi connectivity index (χ2v) is 7.03. The van der Waals surface area contributed by atoms with Crippen LogP contribution in [0.5, 0.6) is 11.5 Å². The van der Waals surface area contributed by atoms with Gasteiger partial charge in [-0.2, -0.15) is 5.26 Å². The second-order valence-electron chi connectivity index (χ2n) is 6.22. The van der Waals surface area contributed by atoms with Crippen LogP contribution in [0, 0.1) is 18.3 Å². The van der Waals surface area contributed by atoms with Crippen LogP contribution in [0.1, 0.15) is 18.1 Å². The number of amides is 1. The number of halogens is 2. The van der Waals surface area contributed by atoms with Crippen molar-refractivity contribution in [3.8, 4) is 17.6 Å². The molecular formula is C22H20Cl2N2O5. The van der Waals surface area contributed by atoms with E-state index in [2.05, 4.69) is 10.1 Å². The van der Waals surface area contributed by atoms with E-state index in [1.807, 2.05) is 13.0 Å². The van der Waals surface area contributed by atoms with Crippen LogP contribution in [0.4, 0.5) is 5.69 Å². The molecule has 0 aliphatic heterocycles. The number of methoxy groups -OCH3 is 1. The quantitative estimate of drug-likeness (QED) is 0.343. The average molecular weight is 463 g/mol. The van der Waals surface area contributed by atoms with E-state index in [-0.39, 0.29) is 28.7 Å². The summed E-state index contributed by atoms with van der Waals surface area (Å²) in [5.74, 6) is -0.777. The van der Waals surface area contributed by atoms with E-state index in [9.17, 15) is 14.9 Å². The van der Waals surface area contributed by atoms with Gasteiger partial charge in [0.15, 0.2) is 18.1 Å². The van der Waals surface area contributed by atoms with Crippen molar-refractivity contribution in [2.45, 2.75) is 13.8 Å². The van der Waals surface area contributed by atoms with Crippen LogP contribution in [-0.4, -0.2) is 32.2 Å². The summed E-state index contributed by atoms with van der Waals surface area (Å²) < 4.78 is 15.5. The molecule has 1 N–H and O–H groups in total. The average Bonchev–Trinajstić information content (AvgIpc) is 2.73. The minimum atomic E-state index is -0.609. The van der Waals surface area contributed by atoms with Gasteiger partial charge in [0, 0.05) is 10.7 Å². The van der Waals surface area contributed by atoms with Gasteiger partial charge < -0.3 is 19.5 Å². The minimum absolute atomic E-state index is 0.143. The van der Waals surface area contributed by atoms with Crippen LogP contribution in [0.3, 0.4) is 0 Å². The van der Waals surface area contributed by atoms with Crippen molar-refractivity contribution >= 4 is 46.8 Å². The fourth-order valence-corrected chi connectivity index (χ4v) is 2.90. The van der Waals surface area contributed by atoms with Crippen LogP contribution in [0.15, 0.2) is 35.9 Å². The van der Waals surface area contributed by atoms with Crippen molar-refractivity contribution in [1.82, 2.24) is 0 Å². The van der Waals surface area contributed by atoms with Crippen molar-refractivity contribution in [3.05, 3.63) is 57.1 Å². The second kappa shape index (κ2) is 11.3. The van der Waals surface area contributed by atoms with Gasteiger partial charge in [0.05, 0.1) is 18.7 Å². The highest BCUT2D eigenvalue weighted by Gasteiger charge is 2.16. The highest BCUT2D eigenvalue weighted by atomic mass is 35.5. The Hall–Kier alpha value is -3.21. The topological polar surface area (TPSA) is 97.6 Å².